The molecule has 1 aromatic carbocycles. The number of benzene rings is 1. The summed E-state index contributed by atoms with van der Waals surface area (Å²) >= 11 is 0. The molecule has 1 aliphatic carbocycles. The van der Waals surface area contributed by atoms with E-state index in [1.807, 2.05) is 0 Å². The molecule has 1 atom stereocenters. The van der Waals surface area contributed by atoms with Gasteiger partial charge in [-0.1, -0.05) is 25.0 Å². The molecule has 31 heavy (non-hydrogen) atoms. The van der Waals surface area contributed by atoms with Gasteiger partial charge in [0.1, 0.15) is 17.6 Å². The topological polar surface area (TPSA) is 86.8 Å². The lowest BCUT2D eigenvalue weighted by molar-refractivity contribution is -0.274. The van der Waals surface area contributed by atoms with Crippen LogP contribution in [0.5, 0.6) is 11.5 Å². The molecule has 0 spiro atoms. The minimum atomic E-state index is -4.76. The van der Waals surface area contributed by atoms with Crippen LogP contribution in [0.25, 0.3) is 0 Å². The lowest BCUT2D eigenvalue weighted by Gasteiger charge is -2.11. The Labute approximate surface area is 176 Å². The fourth-order valence-corrected chi connectivity index (χ4v) is 5.25. The zero-order valence-corrected chi connectivity index (χ0v) is 16.9. The third-order valence-corrected chi connectivity index (χ3v) is 7.17. The van der Waals surface area contributed by atoms with Crippen molar-refractivity contribution in [2.45, 2.75) is 48.4 Å². The number of aromatic nitrogens is 1. The van der Waals surface area contributed by atoms with E-state index >= 15 is 0 Å². The van der Waals surface area contributed by atoms with Crippen molar-refractivity contribution >= 4 is 9.84 Å². The van der Waals surface area contributed by atoms with Gasteiger partial charge in [0, 0.05) is 6.08 Å². The third-order valence-electron chi connectivity index (χ3n) is 5.00. The van der Waals surface area contributed by atoms with E-state index in [2.05, 4.69) is 15.2 Å². The van der Waals surface area contributed by atoms with Crippen LogP contribution in [0.1, 0.15) is 37.4 Å². The second-order valence-electron chi connectivity index (χ2n) is 7.17. The van der Waals surface area contributed by atoms with Gasteiger partial charge in [0.15, 0.2) is 14.9 Å². The van der Waals surface area contributed by atoms with E-state index in [4.69, 9.17) is 9.57 Å². The van der Waals surface area contributed by atoms with Crippen LogP contribution in [0.3, 0.4) is 0 Å². The summed E-state index contributed by atoms with van der Waals surface area (Å²) in [6.07, 6.45) is 0.679. The predicted octanol–water partition coefficient (Wildman–Crippen LogP) is 4.19. The first-order valence-corrected chi connectivity index (χ1v) is 11.1. The second kappa shape index (κ2) is 8.39. The molecular weight excluding hydrogens is 437 g/mol. The van der Waals surface area contributed by atoms with Crippen LogP contribution in [-0.4, -0.2) is 25.0 Å². The molecule has 1 N–H and O–H groups in total. The van der Waals surface area contributed by atoms with E-state index in [0.29, 0.717) is 24.2 Å². The number of nitrogens with zero attached hydrogens (tertiary/aromatic N) is 1. The van der Waals surface area contributed by atoms with Gasteiger partial charge in [-0.15, -0.1) is 13.2 Å². The molecule has 1 saturated carbocycles. The van der Waals surface area contributed by atoms with Gasteiger partial charge in [0.25, 0.3) is 0 Å². The Morgan fingerprint density at radius 3 is 2.32 bits per heavy atom. The van der Waals surface area contributed by atoms with E-state index in [-0.39, 0.29) is 21.9 Å². The fourth-order valence-electron chi connectivity index (χ4n) is 3.50. The molecule has 4 rings (SSSR count). The van der Waals surface area contributed by atoms with Crippen LogP contribution in [0.2, 0.25) is 0 Å². The first-order chi connectivity index (χ1) is 14.7. The summed E-state index contributed by atoms with van der Waals surface area (Å²) in [5.74, 6) is 0.220. The molecule has 11 heteroatoms. The predicted molar refractivity (Wildman–Crippen MR) is 102 cm³/mol. The maximum absolute atomic E-state index is 12.6. The standard InChI is InChI=1S/C20H19F3N2O5S/c21-20(22,23)29-14-7-5-13(6-8-14)17-11-18(25-30-17)28-15-9-10-19(24-12-15)31(26,27)16-3-1-2-4-16/h5-12,16-17,25H,1-4H2/t17-/m1/s1. The summed E-state index contributed by atoms with van der Waals surface area (Å²) in [6.45, 7) is 0. The fraction of sp³-hybridized carbons (Fsp3) is 0.350. The zero-order valence-electron chi connectivity index (χ0n) is 16.1. The van der Waals surface area contributed by atoms with Crippen molar-refractivity contribution in [1.29, 1.82) is 0 Å². The molecule has 2 aliphatic rings. The number of alkyl halides is 3. The minimum Gasteiger partial charge on any atom is -0.438 e. The van der Waals surface area contributed by atoms with Crippen LogP contribution in [0.15, 0.2) is 59.6 Å². The average Bonchev–Trinajstić information content (AvgIpc) is 3.40. The Balaban J connectivity index is 1.39. The molecule has 2 aromatic rings. The summed E-state index contributed by atoms with van der Waals surface area (Å²) in [5, 5.41) is -0.358. The first kappa shape index (κ1) is 21.4. The van der Waals surface area contributed by atoms with Crippen molar-refractivity contribution in [2.75, 3.05) is 0 Å². The molecule has 0 radical (unpaired) electrons. The molecule has 0 unspecified atom stereocenters. The normalized spacial score (nSPS) is 19.7. The molecule has 0 amide bonds. The monoisotopic (exact) mass is 456 g/mol. The highest BCUT2D eigenvalue weighted by molar-refractivity contribution is 7.92. The van der Waals surface area contributed by atoms with Gasteiger partial charge in [0.2, 0.25) is 5.88 Å². The first-order valence-electron chi connectivity index (χ1n) is 9.58. The lowest BCUT2D eigenvalue weighted by atomic mass is 10.1. The summed E-state index contributed by atoms with van der Waals surface area (Å²) in [5.41, 5.74) is 3.16. The second-order valence-corrected chi connectivity index (χ2v) is 9.35. The number of ether oxygens (including phenoxy) is 2. The van der Waals surface area contributed by atoms with Crippen molar-refractivity contribution in [3.05, 3.63) is 60.1 Å². The van der Waals surface area contributed by atoms with Gasteiger partial charge in [0.05, 0.1) is 11.4 Å². The summed E-state index contributed by atoms with van der Waals surface area (Å²) in [7, 11) is -3.44. The molecule has 166 valence electrons. The number of nitrogens with one attached hydrogen (secondary N) is 1. The van der Waals surface area contributed by atoms with Crippen molar-refractivity contribution in [2.24, 2.45) is 0 Å². The quantitative estimate of drug-likeness (QED) is 0.697. The van der Waals surface area contributed by atoms with E-state index in [1.54, 1.807) is 6.08 Å². The van der Waals surface area contributed by atoms with Crippen molar-refractivity contribution < 1.29 is 35.9 Å². The molecule has 0 bridgehead atoms. The number of hydrogen-bond acceptors (Lipinski definition) is 7. The Bertz CT molecular complexity index is 1050. The maximum Gasteiger partial charge on any atom is 0.573 e. The number of pyridine rings is 1. The molecule has 7 nitrogen and oxygen atoms in total. The SMILES string of the molecule is O=S(=O)(c1ccc(OC2=C[C@H](c3ccc(OC(F)(F)F)cc3)ON2)cn1)C1CCCC1. The summed E-state index contributed by atoms with van der Waals surface area (Å²) in [6, 6.07) is 8.18. The van der Waals surface area contributed by atoms with E-state index in [1.165, 1.54) is 42.6 Å². The third kappa shape index (κ3) is 5.10. The van der Waals surface area contributed by atoms with Crippen LogP contribution < -0.4 is 15.0 Å². The van der Waals surface area contributed by atoms with Crippen molar-refractivity contribution in [3.8, 4) is 11.5 Å². The number of hydroxylamine groups is 1. The van der Waals surface area contributed by atoms with E-state index < -0.39 is 22.3 Å². The molecular formula is C20H19F3N2O5S. The Morgan fingerprint density at radius 1 is 1.03 bits per heavy atom. The lowest BCUT2D eigenvalue weighted by Crippen LogP contribution is -2.19. The highest BCUT2D eigenvalue weighted by Gasteiger charge is 2.32. The van der Waals surface area contributed by atoms with Gasteiger partial charge in [-0.2, -0.15) is 0 Å². The Kier molecular flexibility index (Phi) is 5.80. The number of sulfone groups is 1. The molecule has 1 aliphatic heterocycles. The van der Waals surface area contributed by atoms with Gasteiger partial charge in [-0.25, -0.2) is 18.9 Å². The van der Waals surface area contributed by atoms with Crippen molar-refractivity contribution in [3.63, 3.8) is 0 Å². The van der Waals surface area contributed by atoms with Crippen LogP contribution in [-0.2, 0) is 14.7 Å². The largest absolute Gasteiger partial charge is 0.573 e. The molecule has 1 fully saturated rings. The van der Waals surface area contributed by atoms with E-state index in [9.17, 15) is 21.6 Å². The van der Waals surface area contributed by atoms with Gasteiger partial charge >= 0.3 is 6.36 Å². The summed E-state index contributed by atoms with van der Waals surface area (Å²) < 4.78 is 71.3. The van der Waals surface area contributed by atoms with Crippen LogP contribution >= 0.6 is 0 Å². The van der Waals surface area contributed by atoms with Crippen molar-refractivity contribution in [1.82, 2.24) is 10.5 Å². The highest BCUT2D eigenvalue weighted by Crippen LogP contribution is 2.31. The van der Waals surface area contributed by atoms with Gasteiger partial charge in [-0.3, -0.25) is 4.84 Å². The number of halogens is 3. The Morgan fingerprint density at radius 2 is 1.71 bits per heavy atom. The van der Waals surface area contributed by atoms with E-state index in [0.717, 1.165) is 12.8 Å². The average molecular weight is 456 g/mol. The maximum atomic E-state index is 12.6. The highest BCUT2D eigenvalue weighted by atomic mass is 32.2. The van der Waals surface area contributed by atoms with Crippen LogP contribution in [0.4, 0.5) is 13.2 Å². The number of hydrogen-bond donors (Lipinski definition) is 1. The molecule has 1 aromatic heterocycles. The summed E-state index contributed by atoms with van der Waals surface area (Å²) in [4.78, 5) is 9.40. The smallest absolute Gasteiger partial charge is 0.438 e. The Hall–Kier alpha value is -2.79. The van der Waals surface area contributed by atoms with Gasteiger partial charge < -0.3 is 9.47 Å². The molecule has 2 heterocycles. The zero-order chi connectivity index (χ0) is 22.1. The minimum absolute atomic E-state index is 0.0235. The van der Waals surface area contributed by atoms with Crippen LogP contribution in [0, 0.1) is 0 Å². The van der Waals surface area contributed by atoms with Gasteiger partial charge in [-0.05, 0) is 42.7 Å². The molecule has 0 saturated heterocycles. The number of rotatable bonds is 6.